The third-order valence-corrected chi connectivity index (χ3v) is 8.26. The SMILES string of the molecule is CC.CC(C)c1cnn2c(OCc3ccccc3)nc(S(C)(=O)=O)nc12.CCI.CSc1nc(OCc2ccccc2)n2ncc(C(C)C)c2n1. The van der Waals surface area contributed by atoms with Crippen LogP contribution in [0.4, 0.5) is 0 Å². The molecule has 15 heteroatoms. The van der Waals surface area contributed by atoms with Gasteiger partial charge in [-0.2, -0.15) is 34.2 Å². The Morgan fingerprint density at radius 2 is 1.14 bits per heavy atom. The quantitative estimate of drug-likeness (QED) is 0.0749. The van der Waals surface area contributed by atoms with Crippen LogP contribution in [0.3, 0.4) is 0 Å². The highest BCUT2D eigenvalue weighted by Crippen LogP contribution is 2.25. The summed E-state index contributed by atoms with van der Waals surface area (Å²) in [4.78, 5) is 17.2. The third kappa shape index (κ3) is 11.6. The van der Waals surface area contributed by atoms with Gasteiger partial charge in [0.15, 0.2) is 16.5 Å². The first-order valence-corrected chi connectivity index (χ1v) is 21.3. The maximum Gasteiger partial charge on any atom is 0.322 e. The molecule has 0 spiro atoms. The molecule has 0 N–H and O–H groups in total. The second kappa shape index (κ2) is 20.3. The molecule has 51 heavy (non-hydrogen) atoms. The van der Waals surface area contributed by atoms with Crippen LogP contribution in [-0.2, 0) is 23.1 Å². The van der Waals surface area contributed by atoms with E-state index < -0.39 is 9.84 Å². The van der Waals surface area contributed by atoms with Crippen LogP contribution in [0, 0.1) is 0 Å². The van der Waals surface area contributed by atoms with Crippen LogP contribution >= 0.6 is 34.4 Å². The summed E-state index contributed by atoms with van der Waals surface area (Å²) in [5.41, 5.74) is 5.24. The lowest BCUT2D eigenvalue weighted by molar-refractivity contribution is 0.268. The van der Waals surface area contributed by atoms with E-state index >= 15 is 0 Å². The average Bonchev–Trinajstić information content (AvgIpc) is 3.77. The molecule has 6 rings (SSSR count). The maximum atomic E-state index is 11.9. The molecule has 0 aliphatic carbocycles. The highest BCUT2D eigenvalue weighted by atomic mass is 127. The molecule has 0 atom stereocenters. The number of hydrogen-bond donors (Lipinski definition) is 0. The van der Waals surface area contributed by atoms with Crippen molar-refractivity contribution in [3.8, 4) is 12.0 Å². The van der Waals surface area contributed by atoms with Gasteiger partial charge < -0.3 is 9.47 Å². The Hall–Kier alpha value is -3.83. The number of sulfone groups is 1. The fourth-order valence-corrected chi connectivity index (χ4v) is 5.25. The minimum atomic E-state index is -3.56. The van der Waals surface area contributed by atoms with Crippen LogP contribution in [0.15, 0.2) is 83.4 Å². The molecule has 0 radical (unpaired) electrons. The molecule has 0 saturated carbocycles. The van der Waals surface area contributed by atoms with Crippen LogP contribution in [0.1, 0.15) is 82.6 Å². The van der Waals surface area contributed by atoms with Gasteiger partial charge in [-0.3, -0.25) is 0 Å². The van der Waals surface area contributed by atoms with Gasteiger partial charge in [-0.15, -0.1) is 0 Å². The number of nitrogens with zero attached hydrogens (tertiary/aromatic N) is 8. The van der Waals surface area contributed by atoms with Crippen LogP contribution in [-0.4, -0.2) is 64.5 Å². The van der Waals surface area contributed by atoms with E-state index in [1.165, 1.54) is 20.7 Å². The summed E-state index contributed by atoms with van der Waals surface area (Å²) in [5, 5.41) is 9.06. The van der Waals surface area contributed by atoms with Crippen molar-refractivity contribution in [1.82, 2.24) is 39.2 Å². The topological polar surface area (TPSA) is 139 Å². The molecular formula is C36H47IN8O4S2. The van der Waals surface area contributed by atoms with Crippen molar-refractivity contribution in [2.45, 2.75) is 83.8 Å². The maximum absolute atomic E-state index is 11.9. The average molecular weight is 847 g/mol. The van der Waals surface area contributed by atoms with Crippen LogP contribution in [0.5, 0.6) is 12.0 Å². The minimum absolute atomic E-state index is 0.108. The molecular weight excluding hydrogens is 799 g/mol. The lowest BCUT2D eigenvalue weighted by Crippen LogP contribution is -2.11. The highest BCUT2D eigenvalue weighted by molar-refractivity contribution is 14.1. The van der Waals surface area contributed by atoms with Gasteiger partial charge in [0.05, 0.1) is 12.4 Å². The first-order chi connectivity index (χ1) is 24.5. The standard InChI is InChI=1S/C16H18N4O3S.C16H18N4OS.C2H5I.C2H6/c1-11(2)13-9-17-20-14(13)18-15(24(3,21)22)19-16(20)23-10-12-7-5-4-6-8-12;1-11(2)13-9-17-20-14(13)18-15(22-3)19-16(20)21-10-12-7-5-4-6-8-12;1-2-3;1-2/h4-9,11H,10H2,1-3H3;4-9,11H,10H2,1-3H3;2H2,1H3;1-2H3. The summed E-state index contributed by atoms with van der Waals surface area (Å²) < 4.78 is 39.7. The van der Waals surface area contributed by atoms with Crippen molar-refractivity contribution in [2.75, 3.05) is 16.9 Å². The summed E-state index contributed by atoms with van der Waals surface area (Å²) in [6.07, 6.45) is 6.54. The molecule has 274 valence electrons. The Balaban J connectivity index is 0.000000245. The van der Waals surface area contributed by atoms with E-state index in [1.807, 2.05) is 101 Å². The van der Waals surface area contributed by atoms with Gasteiger partial charge in [-0.1, -0.05) is 143 Å². The van der Waals surface area contributed by atoms with Crippen LogP contribution in [0.25, 0.3) is 11.3 Å². The lowest BCUT2D eigenvalue weighted by Gasteiger charge is -2.09. The van der Waals surface area contributed by atoms with Crippen LogP contribution in [0.2, 0.25) is 0 Å². The second-order valence-corrected chi connectivity index (χ2v) is 15.6. The number of benzene rings is 2. The molecule has 0 aliphatic rings. The predicted octanol–water partition coefficient (Wildman–Crippen LogP) is 8.25. The fourth-order valence-electron chi connectivity index (χ4n) is 4.41. The van der Waals surface area contributed by atoms with Crippen molar-refractivity contribution in [2.24, 2.45) is 0 Å². The van der Waals surface area contributed by atoms with Gasteiger partial charge >= 0.3 is 12.0 Å². The van der Waals surface area contributed by atoms with Gasteiger partial charge in [0.1, 0.15) is 13.2 Å². The molecule has 0 unspecified atom stereocenters. The summed E-state index contributed by atoms with van der Waals surface area (Å²) >= 11 is 3.79. The molecule has 6 aromatic rings. The normalized spacial score (nSPS) is 11.0. The van der Waals surface area contributed by atoms with Crippen molar-refractivity contribution in [3.05, 3.63) is 95.3 Å². The molecule has 0 fully saturated rings. The number of halogens is 1. The van der Waals surface area contributed by atoms with Gasteiger partial charge in [0.25, 0.3) is 5.16 Å². The lowest BCUT2D eigenvalue weighted by atomic mass is 10.1. The van der Waals surface area contributed by atoms with E-state index in [0.29, 0.717) is 29.3 Å². The van der Waals surface area contributed by atoms with E-state index in [1.54, 1.807) is 10.7 Å². The van der Waals surface area contributed by atoms with E-state index in [-0.39, 0.29) is 23.7 Å². The Kier molecular flexibility index (Phi) is 16.5. The monoisotopic (exact) mass is 846 g/mol. The zero-order valence-electron chi connectivity index (χ0n) is 30.6. The summed E-state index contributed by atoms with van der Waals surface area (Å²) in [6, 6.07) is 20.2. The molecule has 0 amide bonds. The molecule has 2 aromatic carbocycles. The number of thioether (sulfide) groups is 1. The number of fused-ring (bicyclic) bond motifs is 2. The summed E-state index contributed by atoms with van der Waals surface area (Å²) in [5.74, 6) is 0.496. The molecule has 0 bridgehead atoms. The van der Waals surface area contributed by atoms with E-state index in [0.717, 1.165) is 34.2 Å². The molecule has 4 heterocycles. The highest BCUT2D eigenvalue weighted by Gasteiger charge is 2.21. The molecule has 4 aromatic heterocycles. The Labute approximate surface area is 318 Å². The van der Waals surface area contributed by atoms with Gasteiger partial charge in [0, 0.05) is 17.4 Å². The molecule has 12 nitrogen and oxygen atoms in total. The van der Waals surface area contributed by atoms with Crippen molar-refractivity contribution >= 4 is 55.5 Å². The summed E-state index contributed by atoms with van der Waals surface area (Å²) in [7, 11) is -3.56. The largest absolute Gasteiger partial charge is 0.458 e. The van der Waals surface area contributed by atoms with Gasteiger partial charge in [0.2, 0.25) is 9.84 Å². The predicted molar refractivity (Wildman–Crippen MR) is 212 cm³/mol. The molecule has 0 aliphatic heterocycles. The summed E-state index contributed by atoms with van der Waals surface area (Å²) in [6.45, 7) is 15.1. The van der Waals surface area contributed by atoms with Crippen molar-refractivity contribution in [3.63, 3.8) is 0 Å². The van der Waals surface area contributed by atoms with Crippen LogP contribution < -0.4 is 9.47 Å². The number of ether oxygens (including phenoxy) is 2. The second-order valence-electron chi connectivity index (χ2n) is 11.3. The minimum Gasteiger partial charge on any atom is -0.458 e. The first-order valence-electron chi connectivity index (χ1n) is 16.6. The van der Waals surface area contributed by atoms with Crippen molar-refractivity contribution < 1.29 is 17.9 Å². The number of aromatic nitrogens is 8. The zero-order valence-corrected chi connectivity index (χ0v) is 34.4. The van der Waals surface area contributed by atoms with E-state index in [4.69, 9.17) is 9.47 Å². The third-order valence-electron chi connectivity index (χ3n) is 6.87. The molecule has 0 saturated heterocycles. The van der Waals surface area contributed by atoms with Gasteiger partial charge in [-0.05, 0) is 33.6 Å². The first kappa shape index (κ1) is 41.6. The number of hydrogen-bond acceptors (Lipinski definition) is 11. The Morgan fingerprint density at radius 3 is 1.53 bits per heavy atom. The van der Waals surface area contributed by atoms with E-state index in [9.17, 15) is 8.42 Å². The number of alkyl halides is 1. The fraction of sp³-hybridized carbons (Fsp3) is 0.389. The van der Waals surface area contributed by atoms with E-state index in [2.05, 4.69) is 73.5 Å². The Morgan fingerprint density at radius 1 is 0.725 bits per heavy atom. The van der Waals surface area contributed by atoms with Gasteiger partial charge in [-0.25, -0.2) is 13.4 Å². The number of rotatable bonds is 10. The Bertz CT molecular complexity index is 2060. The zero-order chi connectivity index (χ0) is 37.6. The van der Waals surface area contributed by atoms with Crippen molar-refractivity contribution in [1.29, 1.82) is 0 Å². The smallest absolute Gasteiger partial charge is 0.322 e.